The Kier molecular flexibility index (Phi) is 2.83. The van der Waals surface area contributed by atoms with Gasteiger partial charge in [-0.3, -0.25) is 9.20 Å². The number of carbonyl (C=O) groups excluding carboxylic acids is 1. The van der Waals surface area contributed by atoms with Crippen LogP contribution in [0.1, 0.15) is 12.6 Å². The molecule has 0 N–H and O–H groups in total. The zero-order chi connectivity index (χ0) is 11.7. The van der Waals surface area contributed by atoms with Crippen LogP contribution in [0.25, 0.3) is 5.65 Å². The van der Waals surface area contributed by atoms with E-state index in [0.717, 1.165) is 0 Å². The Morgan fingerprint density at radius 1 is 1.56 bits per heavy atom. The van der Waals surface area contributed by atoms with Gasteiger partial charge in [0.25, 0.3) is 0 Å². The van der Waals surface area contributed by atoms with Gasteiger partial charge < -0.3 is 4.74 Å². The molecule has 0 aliphatic carbocycles. The van der Waals surface area contributed by atoms with Gasteiger partial charge in [-0.15, -0.1) is 0 Å². The van der Waals surface area contributed by atoms with Crippen LogP contribution in [0.5, 0.6) is 5.75 Å². The second-order valence-electron chi connectivity index (χ2n) is 3.53. The van der Waals surface area contributed by atoms with Crippen LogP contribution in [-0.2, 0) is 11.2 Å². The van der Waals surface area contributed by atoms with Crippen molar-refractivity contribution in [1.29, 1.82) is 0 Å². The summed E-state index contributed by atoms with van der Waals surface area (Å²) in [5.74, 6) is 0.735. The second kappa shape index (κ2) is 4.14. The quantitative estimate of drug-likeness (QED) is 0.823. The van der Waals surface area contributed by atoms with Crippen molar-refractivity contribution in [2.24, 2.45) is 0 Å². The fourth-order valence-electron chi connectivity index (χ4n) is 1.51. The standard InChI is InChI=1S/C11H11ClN2O2/c1-7(15)5-9-11(12)14-6-8(16-2)3-4-10(14)13-9/h3-4,6H,5H2,1-2H3. The van der Waals surface area contributed by atoms with Gasteiger partial charge in [-0.1, -0.05) is 11.6 Å². The maximum absolute atomic E-state index is 11.0. The molecule has 0 bridgehead atoms. The minimum absolute atomic E-state index is 0.0391. The van der Waals surface area contributed by atoms with Gasteiger partial charge in [0.05, 0.1) is 25.4 Å². The van der Waals surface area contributed by atoms with Gasteiger partial charge in [-0.2, -0.15) is 0 Å². The molecule has 2 rings (SSSR count). The number of imidazole rings is 1. The molecular weight excluding hydrogens is 228 g/mol. The summed E-state index contributed by atoms with van der Waals surface area (Å²) in [7, 11) is 1.59. The largest absolute Gasteiger partial charge is 0.495 e. The normalized spacial score (nSPS) is 10.7. The van der Waals surface area contributed by atoms with E-state index in [1.165, 1.54) is 6.92 Å². The van der Waals surface area contributed by atoms with Crippen molar-refractivity contribution < 1.29 is 9.53 Å². The van der Waals surface area contributed by atoms with E-state index < -0.39 is 0 Å². The van der Waals surface area contributed by atoms with E-state index in [9.17, 15) is 4.79 Å². The molecule has 0 aromatic carbocycles. The van der Waals surface area contributed by atoms with Crippen molar-refractivity contribution in [3.63, 3.8) is 0 Å². The molecular formula is C11H11ClN2O2. The smallest absolute Gasteiger partial charge is 0.138 e. The molecule has 0 spiro atoms. The Bertz CT molecular complexity index is 548. The number of nitrogens with zero attached hydrogens (tertiary/aromatic N) is 2. The highest BCUT2D eigenvalue weighted by atomic mass is 35.5. The van der Waals surface area contributed by atoms with E-state index in [0.29, 0.717) is 22.2 Å². The Labute approximate surface area is 97.8 Å². The van der Waals surface area contributed by atoms with Gasteiger partial charge in [0, 0.05) is 0 Å². The first kappa shape index (κ1) is 11.0. The van der Waals surface area contributed by atoms with Crippen molar-refractivity contribution in [2.75, 3.05) is 7.11 Å². The number of carbonyl (C=O) groups is 1. The van der Waals surface area contributed by atoms with Crippen LogP contribution >= 0.6 is 11.6 Å². The number of aromatic nitrogens is 2. The summed E-state index contributed by atoms with van der Waals surface area (Å²) < 4.78 is 6.80. The summed E-state index contributed by atoms with van der Waals surface area (Å²) in [5.41, 5.74) is 1.31. The molecule has 0 saturated carbocycles. The zero-order valence-electron chi connectivity index (χ0n) is 9.03. The number of Topliss-reactive ketones (excluding diaryl/α,β-unsaturated/α-hetero) is 1. The molecule has 0 atom stereocenters. The van der Waals surface area contributed by atoms with Gasteiger partial charge >= 0.3 is 0 Å². The maximum Gasteiger partial charge on any atom is 0.138 e. The number of halogens is 1. The van der Waals surface area contributed by atoms with E-state index in [-0.39, 0.29) is 12.2 Å². The monoisotopic (exact) mass is 238 g/mol. The van der Waals surface area contributed by atoms with Crippen LogP contribution in [-0.4, -0.2) is 22.3 Å². The molecule has 2 aromatic heterocycles. The van der Waals surface area contributed by atoms with Crippen molar-refractivity contribution in [3.8, 4) is 5.75 Å². The molecule has 0 aliphatic heterocycles. The average molecular weight is 239 g/mol. The fourth-order valence-corrected chi connectivity index (χ4v) is 1.76. The first-order valence-electron chi connectivity index (χ1n) is 4.81. The lowest BCUT2D eigenvalue weighted by Crippen LogP contribution is -1.97. The van der Waals surface area contributed by atoms with Crippen molar-refractivity contribution >= 4 is 23.0 Å². The minimum atomic E-state index is 0.0391. The van der Waals surface area contributed by atoms with Gasteiger partial charge in [0.2, 0.25) is 0 Å². The molecule has 0 saturated heterocycles. The highest BCUT2D eigenvalue weighted by molar-refractivity contribution is 6.30. The second-order valence-corrected chi connectivity index (χ2v) is 3.88. The average Bonchev–Trinajstić information content (AvgIpc) is 2.55. The van der Waals surface area contributed by atoms with Crippen LogP contribution in [0.2, 0.25) is 5.15 Å². The SMILES string of the molecule is COc1ccc2nc(CC(C)=O)c(Cl)n2c1. The number of ether oxygens (including phenoxy) is 1. The zero-order valence-corrected chi connectivity index (χ0v) is 9.78. The molecule has 2 heterocycles. The summed E-state index contributed by atoms with van der Waals surface area (Å²) in [6, 6.07) is 3.60. The van der Waals surface area contributed by atoms with Crippen molar-refractivity contribution in [3.05, 3.63) is 29.2 Å². The summed E-state index contributed by atoms with van der Waals surface area (Å²) in [6.45, 7) is 1.51. The summed E-state index contributed by atoms with van der Waals surface area (Å²) in [6.07, 6.45) is 2.00. The Balaban J connectivity index is 2.54. The number of methoxy groups -OCH3 is 1. The number of rotatable bonds is 3. The van der Waals surface area contributed by atoms with Crippen LogP contribution < -0.4 is 4.74 Å². The third kappa shape index (κ3) is 1.88. The van der Waals surface area contributed by atoms with E-state index in [4.69, 9.17) is 16.3 Å². The highest BCUT2D eigenvalue weighted by Crippen LogP contribution is 2.22. The lowest BCUT2D eigenvalue weighted by Gasteiger charge is -2.00. The number of hydrogen-bond acceptors (Lipinski definition) is 3. The van der Waals surface area contributed by atoms with E-state index in [1.54, 1.807) is 29.8 Å². The number of hydrogen-bond donors (Lipinski definition) is 0. The van der Waals surface area contributed by atoms with Crippen LogP contribution in [0, 0.1) is 0 Å². The molecule has 16 heavy (non-hydrogen) atoms. The molecule has 0 fully saturated rings. The molecule has 0 radical (unpaired) electrons. The van der Waals surface area contributed by atoms with Crippen molar-refractivity contribution in [1.82, 2.24) is 9.38 Å². The lowest BCUT2D eigenvalue weighted by atomic mass is 10.2. The van der Waals surface area contributed by atoms with Crippen LogP contribution in [0.4, 0.5) is 0 Å². The number of fused-ring (bicyclic) bond motifs is 1. The number of pyridine rings is 1. The van der Waals surface area contributed by atoms with Gasteiger partial charge in [0.1, 0.15) is 22.3 Å². The Morgan fingerprint density at radius 3 is 2.94 bits per heavy atom. The summed E-state index contributed by atoms with van der Waals surface area (Å²) in [5, 5.41) is 0.462. The number of ketones is 1. The topological polar surface area (TPSA) is 43.6 Å². The molecule has 0 amide bonds. The van der Waals surface area contributed by atoms with Gasteiger partial charge in [-0.05, 0) is 19.1 Å². The highest BCUT2D eigenvalue weighted by Gasteiger charge is 2.12. The lowest BCUT2D eigenvalue weighted by molar-refractivity contribution is -0.116. The predicted molar refractivity (Wildman–Crippen MR) is 61.1 cm³/mol. The molecule has 84 valence electrons. The van der Waals surface area contributed by atoms with Crippen LogP contribution in [0.3, 0.4) is 0 Å². The molecule has 2 aromatic rings. The third-order valence-corrected chi connectivity index (χ3v) is 2.65. The predicted octanol–water partition coefficient (Wildman–Crippen LogP) is 2.13. The van der Waals surface area contributed by atoms with Crippen LogP contribution in [0.15, 0.2) is 18.3 Å². The maximum atomic E-state index is 11.0. The summed E-state index contributed by atoms with van der Waals surface area (Å²) >= 11 is 6.12. The molecule has 0 unspecified atom stereocenters. The molecule has 0 aliphatic rings. The molecule has 5 heteroatoms. The van der Waals surface area contributed by atoms with E-state index in [2.05, 4.69) is 4.98 Å². The summed E-state index contributed by atoms with van der Waals surface area (Å²) in [4.78, 5) is 15.3. The van der Waals surface area contributed by atoms with Crippen molar-refractivity contribution in [2.45, 2.75) is 13.3 Å². The van der Waals surface area contributed by atoms with E-state index in [1.807, 2.05) is 0 Å². The van der Waals surface area contributed by atoms with Gasteiger partial charge in [-0.25, -0.2) is 4.98 Å². The van der Waals surface area contributed by atoms with Gasteiger partial charge in [0.15, 0.2) is 0 Å². The minimum Gasteiger partial charge on any atom is -0.495 e. The first-order chi connectivity index (χ1) is 7.61. The third-order valence-electron chi connectivity index (χ3n) is 2.25. The fraction of sp³-hybridized carbons (Fsp3) is 0.273. The Hall–Kier alpha value is -1.55. The first-order valence-corrected chi connectivity index (χ1v) is 5.19. The molecule has 4 nitrogen and oxygen atoms in total. The van der Waals surface area contributed by atoms with E-state index >= 15 is 0 Å². The Morgan fingerprint density at radius 2 is 2.31 bits per heavy atom.